The summed E-state index contributed by atoms with van der Waals surface area (Å²) in [6.45, 7) is 6.41. The second kappa shape index (κ2) is 6.01. The van der Waals surface area contributed by atoms with Gasteiger partial charge in [-0.25, -0.2) is 0 Å². The first kappa shape index (κ1) is 10.6. The molecule has 0 aromatic carbocycles. The molecule has 0 bridgehead atoms. The summed E-state index contributed by atoms with van der Waals surface area (Å²) < 4.78 is 0. The summed E-state index contributed by atoms with van der Waals surface area (Å²) >= 11 is 0. The zero-order valence-electron chi connectivity index (χ0n) is 8.77. The molecule has 1 aliphatic rings. The monoisotopic (exact) mass is 180 g/mol. The molecule has 0 amide bonds. The van der Waals surface area contributed by atoms with Crippen molar-refractivity contribution in [3.05, 3.63) is 0 Å². The molecule has 1 fully saturated rings. The Kier molecular flexibility index (Phi) is 4.88. The highest BCUT2D eigenvalue weighted by Crippen LogP contribution is 2.12. The van der Waals surface area contributed by atoms with Gasteiger partial charge < -0.3 is 5.32 Å². The largest absolute Gasteiger partial charge is 0.317 e. The third-order valence-corrected chi connectivity index (χ3v) is 2.55. The maximum atomic E-state index is 3.38. The average Bonchev–Trinajstić information content (AvgIpc) is 2.16. The quantitative estimate of drug-likeness (QED) is 0.650. The van der Waals surface area contributed by atoms with Gasteiger partial charge >= 0.3 is 0 Å². The summed E-state index contributed by atoms with van der Waals surface area (Å²) in [6.07, 6.45) is 2.65. The molecule has 0 unspecified atom stereocenters. The van der Waals surface area contributed by atoms with Crippen molar-refractivity contribution in [3.63, 3.8) is 0 Å². The van der Waals surface area contributed by atoms with E-state index in [2.05, 4.69) is 29.1 Å². The fraction of sp³-hybridized carbons (Fsp3) is 0.818. The molecule has 2 nitrogen and oxygen atoms in total. The number of nitrogens with zero attached hydrogens (tertiary/aromatic N) is 1. The van der Waals surface area contributed by atoms with Crippen LogP contribution >= 0.6 is 0 Å². The summed E-state index contributed by atoms with van der Waals surface area (Å²) in [7, 11) is 2.16. The van der Waals surface area contributed by atoms with Gasteiger partial charge in [-0.1, -0.05) is 5.92 Å². The van der Waals surface area contributed by atoms with Crippen LogP contribution in [0.15, 0.2) is 0 Å². The molecule has 1 aliphatic heterocycles. The van der Waals surface area contributed by atoms with E-state index in [1.54, 1.807) is 0 Å². The van der Waals surface area contributed by atoms with Gasteiger partial charge in [0.1, 0.15) is 0 Å². The van der Waals surface area contributed by atoms with Crippen molar-refractivity contribution in [2.45, 2.75) is 19.8 Å². The first-order valence-electron chi connectivity index (χ1n) is 5.12. The minimum absolute atomic E-state index is 0.880. The molecule has 0 spiro atoms. The third-order valence-electron chi connectivity index (χ3n) is 2.55. The van der Waals surface area contributed by atoms with Crippen LogP contribution in [0.1, 0.15) is 19.8 Å². The van der Waals surface area contributed by atoms with Crippen LogP contribution < -0.4 is 5.32 Å². The Labute approximate surface area is 81.7 Å². The molecule has 74 valence electrons. The second-order valence-electron chi connectivity index (χ2n) is 3.82. The van der Waals surface area contributed by atoms with Crippen molar-refractivity contribution in [2.75, 3.05) is 33.2 Å². The molecular formula is C11H20N2. The summed E-state index contributed by atoms with van der Waals surface area (Å²) in [5.41, 5.74) is 0. The third kappa shape index (κ3) is 4.31. The molecule has 0 aromatic rings. The summed E-state index contributed by atoms with van der Waals surface area (Å²) in [5.74, 6) is 6.91. The van der Waals surface area contributed by atoms with Crippen molar-refractivity contribution < 1.29 is 0 Å². The summed E-state index contributed by atoms with van der Waals surface area (Å²) in [6, 6.07) is 0. The number of rotatable bonds is 3. The minimum Gasteiger partial charge on any atom is -0.317 e. The van der Waals surface area contributed by atoms with E-state index >= 15 is 0 Å². The van der Waals surface area contributed by atoms with Crippen molar-refractivity contribution in [2.24, 2.45) is 5.92 Å². The Morgan fingerprint density at radius 3 is 2.69 bits per heavy atom. The fourth-order valence-electron chi connectivity index (χ4n) is 1.78. The topological polar surface area (TPSA) is 15.3 Å². The normalized spacial score (nSPS) is 18.4. The van der Waals surface area contributed by atoms with E-state index in [4.69, 9.17) is 0 Å². The first-order valence-corrected chi connectivity index (χ1v) is 5.12. The zero-order valence-corrected chi connectivity index (χ0v) is 8.77. The van der Waals surface area contributed by atoms with Crippen molar-refractivity contribution in [1.29, 1.82) is 0 Å². The Bertz CT molecular complexity index is 184. The maximum absolute atomic E-state index is 3.38. The molecule has 0 atom stereocenters. The predicted molar refractivity (Wildman–Crippen MR) is 56.5 cm³/mol. The lowest BCUT2D eigenvalue weighted by Gasteiger charge is -2.26. The van der Waals surface area contributed by atoms with Gasteiger partial charge in [0.2, 0.25) is 0 Å². The molecule has 1 rings (SSSR count). The molecule has 1 N–H and O–H groups in total. The van der Waals surface area contributed by atoms with Crippen LogP contribution in [0.5, 0.6) is 0 Å². The predicted octanol–water partition coefficient (Wildman–Crippen LogP) is 0.941. The molecular weight excluding hydrogens is 160 g/mol. The van der Waals surface area contributed by atoms with Crippen LogP contribution in [0.2, 0.25) is 0 Å². The van der Waals surface area contributed by atoms with E-state index in [0.29, 0.717) is 0 Å². The van der Waals surface area contributed by atoms with E-state index in [-0.39, 0.29) is 0 Å². The van der Waals surface area contributed by atoms with Crippen LogP contribution in [-0.2, 0) is 0 Å². The van der Waals surface area contributed by atoms with E-state index < -0.39 is 0 Å². The summed E-state index contributed by atoms with van der Waals surface area (Å²) in [5, 5.41) is 3.38. The maximum Gasteiger partial charge on any atom is 0.0599 e. The molecule has 0 aliphatic carbocycles. The smallest absolute Gasteiger partial charge is 0.0599 e. The number of nitrogens with one attached hydrogen (secondary N) is 1. The second-order valence-corrected chi connectivity index (χ2v) is 3.82. The van der Waals surface area contributed by atoms with Crippen LogP contribution in [0.25, 0.3) is 0 Å². The highest BCUT2D eigenvalue weighted by atomic mass is 15.1. The van der Waals surface area contributed by atoms with Gasteiger partial charge in [-0.05, 0) is 45.8 Å². The molecule has 0 aromatic heterocycles. The highest BCUT2D eigenvalue weighted by Gasteiger charge is 2.13. The standard InChI is InChI=1S/C11H20N2/c1-3-4-9-13(2)10-11-5-7-12-8-6-11/h11-12H,5-10H2,1-2H3. The molecule has 13 heavy (non-hydrogen) atoms. The minimum atomic E-state index is 0.880. The first-order chi connectivity index (χ1) is 6.33. The number of hydrogen-bond donors (Lipinski definition) is 1. The van der Waals surface area contributed by atoms with Crippen molar-refractivity contribution in [3.8, 4) is 11.8 Å². The van der Waals surface area contributed by atoms with Gasteiger partial charge in [0.25, 0.3) is 0 Å². The van der Waals surface area contributed by atoms with E-state index in [0.717, 1.165) is 12.5 Å². The Morgan fingerprint density at radius 1 is 1.38 bits per heavy atom. The fourth-order valence-corrected chi connectivity index (χ4v) is 1.78. The zero-order chi connectivity index (χ0) is 9.52. The number of hydrogen-bond acceptors (Lipinski definition) is 2. The lowest BCUT2D eigenvalue weighted by atomic mass is 9.98. The SMILES string of the molecule is CC#CCN(C)CC1CCNCC1. The van der Waals surface area contributed by atoms with E-state index in [1.165, 1.54) is 32.5 Å². The highest BCUT2D eigenvalue weighted by molar-refractivity contribution is 4.97. The van der Waals surface area contributed by atoms with Crippen LogP contribution in [0.3, 0.4) is 0 Å². The van der Waals surface area contributed by atoms with Crippen LogP contribution in [-0.4, -0.2) is 38.1 Å². The van der Waals surface area contributed by atoms with Gasteiger partial charge in [-0.3, -0.25) is 4.90 Å². The Hall–Kier alpha value is -0.520. The van der Waals surface area contributed by atoms with Gasteiger partial charge in [0, 0.05) is 6.54 Å². The van der Waals surface area contributed by atoms with Gasteiger partial charge in [-0.2, -0.15) is 0 Å². The lowest BCUT2D eigenvalue weighted by molar-refractivity contribution is 0.259. The molecule has 1 heterocycles. The lowest BCUT2D eigenvalue weighted by Crippen LogP contribution is -2.34. The van der Waals surface area contributed by atoms with Crippen LogP contribution in [0.4, 0.5) is 0 Å². The van der Waals surface area contributed by atoms with E-state index in [1.807, 2.05) is 6.92 Å². The van der Waals surface area contributed by atoms with Gasteiger partial charge in [-0.15, -0.1) is 5.92 Å². The molecule has 1 saturated heterocycles. The van der Waals surface area contributed by atoms with Gasteiger partial charge in [0.05, 0.1) is 6.54 Å². The molecule has 2 heteroatoms. The molecule has 0 saturated carbocycles. The Morgan fingerprint density at radius 2 is 2.08 bits per heavy atom. The van der Waals surface area contributed by atoms with Crippen molar-refractivity contribution >= 4 is 0 Å². The van der Waals surface area contributed by atoms with Gasteiger partial charge in [0.15, 0.2) is 0 Å². The Balaban J connectivity index is 2.16. The number of piperidine rings is 1. The average molecular weight is 180 g/mol. The van der Waals surface area contributed by atoms with Crippen molar-refractivity contribution in [1.82, 2.24) is 10.2 Å². The van der Waals surface area contributed by atoms with Crippen LogP contribution in [0, 0.1) is 17.8 Å². The van der Waals surface area contributed by atoms with E-state index in [9.17, 15) is 0 Å². The molecule has 0 radical (unpaired) electrons. The summed E-state index contributed by atoms with van der Waals surface area (Å²) in [4.78, 5) is 2.33.